The molecule has 1 saturated carbocycles. The van der Waals surface area contributed by atoms with Gasteiger partial charge in [-0.15, -0.1) is 0 Å². The van der Waals surface area contributed by atoms with Gasteiger partial charge in [-0.25, -0.2) is 8.42 Å². The van der Waals surface area contributed by atoms with Crippen LogP contribution < -0.4 is 5.73 Å². The third-order valence-electron chi connectivity index (χ3n) is 5.16. The lowest BCUT2D eigenvalue weighted by atomic mass is 9.99. The minimum absolute atomic E-state index is 0.0924. The second-order valence-corrected chi connectivity index (χ2v) is 9.47. The first-order valence-electron chi connectivity index (χ1n) is 9.49. The van der Waals surface area contributed by atoms with Gasteiger partial charge in [0.25, 0.3) is 0 Å². The fraction of sp³-hybridized carbons (Fsp3) is 0.632. The Morgan fingerprint density at radius 2 is 2.08 bits per heavy atom. The molecule has 1 aliphatic heterocycles. The number of hydrogen-bond donors (Lipinski definition) is 1. The molecule has 3 rings (SSSR count). The highest BCUT2D eigenvalue weighted by Gasteiger charge is 2.32. The Kier molecular flexibility index (Phi) is 5.69. The van der Waals surface area contributed by atoms with E-state index in [0.717, 1.165) is 36.8 Å². The molecule has 6 nitrogen and oxygen atoms in total. The molecule has 1 fully saturated rings. The van der Waals surface area contributed by atoms with Crippen LogP contribution in [0.15, 0.2) is 23.1 Å². The molecule has 2 N–H and O–H groups in total. The number of carbonyl (C=O) groups excluding carboxylic acids is 1. The van der Waals surface area contributed by atoms with Crippen LogP contribution >= 0.6 is 0 Å². The van der Waals surface area contributed by atoms with Crippen LogP contribution in [0.5, 0.6) is 0 Å². The molecular formula is C19H29N3O3S. The van der Waals surface area contributed by atoms with Crippen molar-refractivity contribution in [2.24, 2.45) is 11.7 Å². The molecule has 1 unspecified atom stereocenters. The second-order valence-electron chi connectivity index (χ2n) is 7.54. The number of sulfonamides is 1. The van der Waals surface area contributed by atoms with Gasteiger partial charge in [0, 0.05) is 26.2 Å². The SMILES string of the molecule is CCCN(CC1CC1)S(=O)(=O)c1ccc2c(c1)CN(C(=O)C(C)N)CC2. The van der Waals surface area contributed by atoms with Gasteiger partial charge in [0.2, 0.25) is 15.9 Å². The van der Waals surface area contributed by atoms with Crippen molar-refractivity contribution in [3.63, 3.8) is 0 Å². The molecule has 0 saturated heterocycles. The summed E-state index contributed by atoms with van der Waals surface area (Å²) in [6, 6.07) is 4.83. The Hall–Kier alpha value is -1.44. The molecule has 7 heteroatoms. The van der Waals surface area contributed by atoms with E-state index in [0.29, 0.717) is 37.0 Å². The average Bonchev–Trinajstić information content (AvgIpc) is 3.43. The fourth-order valence-corrected chi connectivity index (χ4v) is 5.13. The van der Waals surface area contributed by atoms with Crippen molar-refractivity contribution in [1.82, 2.24) is 9.21 Å². The first-order chi connectivity index (χ1) is 12.3. The maximum absolute atomic E-state index is 13.1. The van der Waals surface area contributed by atoms with Crippen molar-refractivity contribution in [1.29, 1.82) is 0 Å². The van der Waals surface area contributed by atoms with Crippen molar-refractivity contribution in [2.45, 2.75) is 57.0 Å². The van der Waals surface area contributed by atoms with E-state index in [-0.39, 0.29) is 5.91 Å². The van der Waals surface area contributed by atoms with E-state index in [2.05, 4.69) is 0 Å². The van der Waals surface area contributed by atoms with E-state index in [1.165, 1.54) is 0 Å². The zero-order chi connectivity index (χ0) is 18.9. The third kappa shape index (κ3) is 4.10. The van der Waals surface area contributed by atoms with Crippen LogP contribution in [-0.4, -0.2) is 49.2 Å². The molecule has 144 valence electrons. The summed E-state index contributed by atoms with van der Waals surface area (Å²) in [5, 5.41) is 0. The summed E-state index contributed by atoms with van der Waals surface area (Å²) in [4.78, 5) is 14.2. The van der Waals surface area contributed by atoms with Gasteiger partial charge in [0.1, 0.15) is 0 Å². The van der Waals surface area contributed by atoms with E-state index in [1.807, 2.05) is 13.0 Å². The van der Waals surface area contributed by atoms with Crippen molar-refractivity contribution in [3.8, 4) is 0 Å². The Morgan fingerprint density at radius 3 is 2.69 bits per heavy atom. The maximum atomic E-state index is 13.1. The van der Waals surface area contributed by atoms with Gasteiger partial charge < -0.3 is 10.6 Å². The number of nitrogens with zero attached hydrogens (tertiary/aromatic N) is 2. The van der Waals surface area contributed by atoms with E-state index in [9.17, 15) is 13.2 Å². The second kappa shape index (κ2) is 7.66. The number of hydrogen-bond acceptors (Lipinski definition) is 4. The summed E-state index contributed by atoms with van der Waals surface area (Å²) in [6.07, 6.45) is 3.77. The summed E-state index contributed by atoms with van der Waals surface area (Å²) in [6.45, 7) is 5.89. The third-order valence-corrected chi connectivity index (χ3v) is 7.02. The van der Waals surface area contributed by atoms with Crippen LogP contribution in [0.1, 0.15) is 44.2 Å². The molecule has 1 atom stereocenters. The average molecular weight is 380 g/mol. The van der Waals surface area contributed by atoms with Crippen LogP contribution in [0.25, 0.3) is 0 Å². The molecule has 1 heterocycles. The first-order valence-corrected chi connectivity index (χ1v) is 10.9. The van der Waals surface area contributed by atoms with Crippen molar-refractivity contribution in [2.75, 3.05) is 19.6 Å². The predicted molar refractivity (Wildman–Crippen MR) is 101 cm³/mol. The van der Waals surface area contributed by atoms with E-state index in [4.69, 9.17) is 5.73 Å². The Morgan fingerprint density at radius 1 is 1.35 bits per heavy atom. The number of fused-ring (bicyclic) bond motifs is 1. The Labute approximate surface area is 156 Å². The van der Waals surface area contributed by atoms with Gasteiger partial charge in [0.15, 0.2) is 0 Å². The zero-order valence-electron chi connectivity index (χ0n) is 15.6. The van der Waals surface area contributed by atoms with Crippen LogP contribution in [0.4, 0.5) is 0 Å². The highest BCUT2D eigenvalue weighted by atomic mass is 32.2. The number of carbonyl (C=O) groups is 1. The lowest BCUT2D eigenvalue weighted by Gasteiger charge is -2.30. The highest BCUT2D eigenvalue weighted by molar-refractivity contribution is 7.89. The molecule has 0 spiro atoms. The number of rotatable bonds is 7. The van der Waals surface area contributed by atoms with Crippen molar-refractivity contribution < 1.29 is 13.2 Å². The smallest absolute Gasteiger partial charge is 0.243 e. The lowest BCUT2D eigenvalue weighted by Crippen LogP contribution is -2.44. The monoisotopic (exact) mass is 379 g/mol. The summed E-state index contributed by atoms with van der Waals surface area (Å²) < 4.78 is 27.9. The summed E-state index contributed by atoms with van der Waals surface area (Å²) in [7, 11) is -3.50. The van der Waals surface area contributed by atoms with Gasteiger partial charge in [-0.1, -0.05) is 13.0 Å². The van der Waals surface area contributed by atoms with Gasteiger partial charge >= 0.3 is 0 Å². The predicted octanol–water partition coefficient (Wildman–Crippen LogP) is 1.73. The minimum atomic E-state index is -3.50. The largest absolute Gasteiger partial charge is 0.337 e. The van der Waals surface area contributed by atoms with Crippen LogP contribution in [-0.2, 0) is 27.8 Å². The van der Waals surface area contributed by atoms with Gasteiger partial charge in [-0.3, -0.25) is 4.79 Å². The maximum Gasteiger partial charge on any atom is 0.243 e. The molecular weight excluding hydrogens is 350 g/mol. The highest BCUT2D eigenvalue weighted by Crippen LogP contribution is 2.32. The van der Waals surface area contributed by atoms with Crippen molar-refractivity contribution in [3.05, 3.63) is 29.3 Å². The molecule has 26 heavy (non-hydrogen) atoms. The standard InChI is InChI=1S/C19H29N3O3S/c1-3-9-22(12-15-4-5-15)26(24,25)18-7-6-16-8-10-21(13-17(16)11-18)19(23)14(2)20/h6-7,11,14-15H,3-5,8-10,12-13,20H2,1-2H3. The van der Waals surface area contributed by atoms with Crippen LogP contribution in [0.2, 0.25) is 0 Å². The Bertz CT molecular complexity index is 772. The van der Waals surface area contributed by atoms with E-state index >= 15 is 0 Å². The molecule has 1 amide bonds. The Balaban J connectivity index is 1.85. The van der Waals surface area contributed by atoms with Gasteiger partial charge in [-0.2, -0.15) is 4.31 Å². The topological polar surface area (TPSA) is 83.7 Å². The number of benzene rings is 1. The number of nitrogens with two attached hydrogens (primary N) is 1. The lowest BCUT2D eigenvalue weighted by molar-refractivity contribution is -0.133. The van der Waals surface area contributed by atoms with Gasteiger partial charge in [-0.05, 0) is 61.8 Å². The van der Waals surface area contributed by atoms with E-state index in [1.54, 1.807) is 28.3 Å². The molecule has 1 aromatic rings. The van der Waals surface area contributed by atoms with Crippen molar-refractivity contribution >= 4 is 15.9 Å². The minimum Gasteiger partial charge on any atom is -0.337 e. The fourth-order valence-electron chi connectivity index (χ4n) is 3.47. The molecule has 1 aliphatic carbocycles. The molecule has 0 aromatic heterocycles. The molecule has 2 aliphatic rings. The summed E-state index contributed by atoms with van der Waals surface area (Å²) >= 11 is 0. The normalized spacial score (nSPS) is 18.7. The first kappa shape index (κ1) is 19.3. The van der Waals surface area contributed by atoms with Gasteiger partial charge in [0.05, 0.1) is 10.9 Å². The molecule has 0 bridgehead atoms. The zero-order valence-corrected chi connectivity index (χ0v) is 16.5. The number of amides is 1. The van der Waals surface area contributed by atoms with E-state index < -0.39 is 16.1 Å². The summed E-state index contributed by atoms with van der Waals surface area (Å²) in [5.74, 6) is 0.415. The van der Waals surface area contributed by atoms with Crippen LogP contribution in [0.3, 0.4) is 0 Å². The quantitative estimate of drug-likeness (QED) is 0.782. The summed E-state index contributed by atoms with van der Waals surface area (Å²) in [5.41, 5.74) is 7.74. The van der Waals surface area contributed by atoms with Crippen LogP contribution in [0, 0.1) is 5.92 Å². The molecule has 0 radical (unpaired) electrons. The molecule has 1 aromatic carbocycles.